The Hall–Kier alpha value is -2.31. The maximum absolute atomic E-state index is 13.2. The fraction of sp³-hybridized carbons (Fsp3) is 0.300. The van der Waals surface area contributed by atoms with Crippen LogP contribution < -0.4 is 10.6 Å². The van der Waals surface area contributed by atoms with Crippen molar-refractivity contribution in [3.8, 4) is 0 Å². The summed E-state index contributed by atoms with van der Waals surface area (Å²) in [6, 6.07) is 13.4. The van der Waals surface area contributed by atoms with Crippen LogP contribution in [-0.2, 0) is 0 Å². The SMILES string of the molecule is CN1CCC(C(=O)c2cccc(NC(=S)Nc3cccc(F)c3)c2)CC1. The molecule has 26 heavy (non-hydrogen) atoms. The van der Waals surface area contributed by atoms with Gasteiger partial charge >= 0.3 is 0 Å². The standard InChI is InChI=1S/C20H22FN3OS/c1-24-10-8-14(9-11-24)19(25)15-4-2-6-17(12-15)22-20(26)23-18-7-3-5-16(21)13-18/h2-7,12-14H,8-11H2,1H3,(H2,22,23,26). The molecular weight excluding hydrogens is 349 g/mol. The summed E-state index contributed by atoms with van der Waals surface area (Å²) in [5, 5.41) is 6.34. The molecule has 2 aromatic carbocycles. The third kappa shape index (κ3) is 4.86. The lowest BCUT2D eigenvalue weighted by Crippen LogP contribution is -2.33. The first-order chi connectivity index (χ1) is 12.5. The second-order valence-corrected chi connectivity index (χ2v) is 7.02. The van der Waals surface area contributed by atoms with Crippen LogP contribution >= 0.6 is 12.2 Å². The Bertz CT molecular complexity index is 803. The van der Waals surface area contributed by atoms with Gasteiger partial charge in [0.2, 0.25) is 0 Å². The molecular formula is C20H22FN3OS. The number of nitrogens with one attached hydrogen (secondary N) is 2. The molecule has 1 fully saturated rings. The third-order valence-electron chi connectivity index (χ3n) is 4.58. The van der Waals surface area contributed by atoms with Gasteiger partial charge in [-0.2, -0.15) is 0 Å². The maximum atomic E-state index is 13.2. The van der Waals surface area contributed by atoms with E-state index in [0.29, 0.717) is 16.4 Å². The van der Waals surface area contributed by atoms with Gasteiger partial charge in [0, 0.05) is 22.9 Å². The van der Waals surface area contributed by atoms with Crippen molar-refractivity contribution < 1.29 is 9.18 Å². The number of rotatable bonds is 4. The highest BCUT2D eigenvalue weighted by atomic mass is 32.1. The molecule has 1 saturated heterocycles. The van der Waals surface area contributed by atoms with Gasteiger partial charge < -0.3 is 15.5 Å². The lowest BCUT2D eigenvalue weighted by molar-refractivity contribution is 0.0857. The minimum absolute atomic E-state index is 0.0822. The molecule has 0 spiro atoms. The highest BCUT2D eigenvalue weighted by molar-refractivity contribution is 7.80. The van der Waals surface area contributed by atoms with Gasteiger partial charge in [0.15, 0.2) is 10.9 Å². The average molecular weight is 371 g/mol. The van der Waals surface area contributed by atoms with Crippen LogP contribution in [0.1, 0.15) is 23.2 Å². The zero-order valence-corrected chi connectivity index (χ0v) is 15.5. The molecule has 0 amide bonds. The molecule has 1 heterocycles. The van der Waals surface area contributed by atoms with Crippen molar-refractivity contribution in [3.05, 3.63) is 59.9 Å². The van der Waals surface area contributed by atoms with E-state index in [9.17, 15) is 9.18 Å². The lowest BCUT2D eigenvalue weighted by atomic mass is 9.89. The summed E-state index contributed by atoms with van der Waals surface area (Å²) < 4.78 is 13.2. The van der Waals surface area contributed by atoms with Crippen molar-refractivity contribution in [2.24, 2.45) is 5.92 Å². The van der Waals surface area contributed by atoms with Crippen LogP contribution in [0.3, 0.4) is 0 Å². The predicted molar refractivity (Wildman–Crippen MR) is 107 cm³/mol. The Kier molecular flexibility index (Phi) is 5.96. The number of hydrogen-bond acceptors (Lipinski definition) is 3. The first kappa shape index (κ1) is 18.5. The van der Waals surface area contributed by atoms with Gasteiger partial charge in [-0.05, 0) is 75.5 Å². The van der Waals surface area contributed by atoms with Gasteiger partial charge in [0.05, 0.1) is 0 Å². The van der Waals surface area contributed by atoms with E-state index in [-0.39, 0.29) is 17.5 Å². The van der Waals surface area contributed by atoms with E-state index < -0.39 is 0 Å². The highest BCUT2D eigenvalue weighted by Gasteiger charge is 2.24. The van der Waals surface area contributed by atoms with Crippen molar-refractivity contribution >= 4 is 34.5 Å². The summed E-state index contributed by atoms with van der Waals surface area (Å²) in [5.74, 6) is -0.0619. The summed E-state index contributed by atoms with van der Waals surface area (Å²) >= 11 is 5.27. The molecule has 1 aliphatic heterocycles. The molecule has 1 aliphatic rings. The fourth-order valence-electron chi connectivity index (χ4n) is 3.12. The van der Waals surface area contributed by atoms with Crippen LogP contribution in [0, 0.1) is 11.7 Å². The number of carbonyl (C=O) groups is 1. The first-order valence-electron chi connectivity index (χ1n) is 8.67. The van der Waals surface area contributed by atoms with Crippen LogP contribution in [-0.4, -0.2) is 35.9 Å². The second kappa shape index (κ2) is 8.38. The summed E-state index contributed by atoms with van der Waals surface area (Å²) in [5.41, 5.74) is 2.00. The highest BCUT2D eigenvalue weighted by Crippen LogP contribution is 2.22. The lowest BCUT2D eigenvalue weighted by Gasteiger charge is -2.28. The topological polar surface area (TPSA) is 44.4 Å². The normalized spacial score (nSPS) is 15.5. The van der Waals surface area contributed by atoms with Gasteiger partial charge in [-0.1, -0.05) is 18.2 Å². The summed E-state index contributed by atoms with van der Waals surface area (Å²) in [7, 11) is 2.08. The summed E-state index contributed by atoms with van der Waals surface area (Å²) in [4.78, 5) is 15.0. The number of hydrogen-bond donors (Lipinski definition) is 2. The Morgan fingerprint density at radius 3 is 2.35 bits per heavy atom. The smallest absolute Gasteiger partial charge is 0.175 e. The number of halogens is 1. The van der Waals surface area contributed by atoms with E-state index in [1.807, 2.05) is 24.3 Å². The van der Waals surface area contributed by atoms with Crippen LogP contribution in [0.4, 0.5) is 15.8 Å². The molecule has 2 aromatic rings. The van der Waals surface area contributed by atoms with Crippen molar-refractivity contribution in [2.45, 2.75) is 12.8 Å². The number of piperidine rings is 1. The third-order valence-corrected chi connectivity index (χ3v) is 4.78. The summed E-state index contributed by atoms with van der Waals surface area (Å²) in [6.07, 6.45) is 1.79. The zero-order chi connectivity index (χ0) is 18.5. The number of thiocarbonyl (C=S) groups is 1. The molecule has 2 N–H and O–H groups in total. The number of ketones is 1. The van der Waals surface area contributed by atoms with E-state index in [2.05, 4.69) is 22.6 Å². The van der Waals surface area contributed by atoms with Crippen molar-refractivity contribution in [3.63, 3.8) is 0 Å². The van der Waals surface area contributed by atoms with Crippen LogP contribution in [0.5, 0.6) is 0 Å². The summed E-state index contributed by atoms with van der Waals surface area (Å²) in [6.45, 7) is 1.91. The Labute approximate surface area is 158 Å². The molecule has 0 atom stereocenters. The first-order valence-corrected chi connectivity index (χ1v) is 9.08. The largest absolute Gasteiger partial charge is 0.332 e. The predicted octanol–water partition coefficient (Wildman–Crippen LogP) is 4.16. The van der Waals surface area contributed by atoms with E-state index in [0.717, 1.165) is 31.6 Å². The van der Waals surface area contributed by atoms with E-state index >= 15 is 0 Å². The van der Waals surface area contributed by atoms with Crippen molar-refractivity contribution in [1.82, 2.24) is 4.90 Å². The molecule has 6 heteroatoms. The number of carbonyl (C=O) groups excluding carboxylic acids is 1. The number of benzene rings is 2. The zero-order valence-electron chi connectivity index (χ0n) is 14.7. The number of Topliss-reactive ketones (excluding diaryl/α,β-unsaturated/α-hetero) is 1. The van der Waals surface area contributed by atoms with E-state index in [1.54, 1.807) is 12.1 Å². The molecule has 0 bridgehead atoms. The monoisotopic (exact) mass is 371 g/mol. The molecule has 0 saturated carbocycles. The van der Waals surface area contributed by atoms with Crippen LogP contribution in [0.2, 0.25) is 0 Å². The van der Waals surface area contributed by atoms with Crippen molar-refractivity contribution in [1.29, 1.82) is 0 Å². The Morgan fingerprint density at radius 1 is 1.08 bits per heavy atom. The van der Waals surface area contributed by atoms with Crippen molar-refractivity contribution in [2.75, 3.05) is 30.8 Å². The molecule has 136 valence electrons. The Balaban J connectivity index is 1.63. The second-order valence-electron chi connectivity index (χ2n) is 6.61. The number of likely N-dealkylation sites (tertiary alicyclic amines) is 1. The van der Waals surface area contributed by atoms with Crippen LogP contribution in [0.15, 0.2) is 48.5 Å². The average Bonchev–Trinajstić information content (AvgIpc) is 2.62. The van der Waals surface area contributed by atoms with Gasteiger partial charge in [0.25, 0.3) is 0 Å². The van der Waals surface area contributed by atoms with Gasteiger partial charge in [-0.15, -0.1) is 0 Å². The fourth-order valence-corrected chi connectivity index (χ4v) is 3.35. The quantitative estimate of drug-likeness (QED) is 0.624. The number of nitrogens with zero attached hydrogens (tertiary/aromatic N) is 1. The minimum atomic E-state index is -0.330. The molecule has 3 rings (SSSR count). The molecule has 0 aromatic heterocycles. The van der Waals surface area contributed by atoms with E-state index in [4.69, 9.17) is 12.2 Å². The van der Waals surface area contributed by atoms with Gasteiger partial charge in [-0.25, -0.2) is 4.39 Å². The van der Waals surface area contributed by atoms with Crippen LogP contribution in [0.25, 0.3) is 0 Å². The minimum Gasteiger partial charge on any atom is -0.332 e. The van der Waals surface area contributed by atoms with E-state index in [1.165, 1.54) is 12.1 Å². The molecule has 4 nitrogen and oxygen atoms in total. The number of anilines is 2. The Morgan fingerprint density at radius 2 is 1.69 bits per heavy atom. The maximum Gasteiger partial charge on any atom is 0.175 e. The van der Waals surface area contributed by atoms with Gasteiger partial charge in [0.1, 0.15) is 5.82 Å². The molecule has 0 unspecified atom stereocenters. The molecule has 0 radical (unpaired) electrons. The molecule has 0 aliphatic carbocycles. The van der Waals surface area contributed by atoms with Gasteiger partial charge in [-0.3, -0.25) is 4.79 Å².